The summed E-state index contributed by atoms with van der Waals surface area (Å²) in [7, 11) is 0. The highest BCUT2D eigenvalue weighted by atomic mass is 35.5. The molecule has 1 aromatic carbocycles. The molecule has 0 spiro atoms. The standard InChI is InChI=1S/C14H16ClNO3/c15-11-7-6-10(14(18)19)8-12(11)16-13(17)9-4-2-1-3-5-9/h6-9H,1-5H2,(H,16,17)(H,18,19). The number of nitrogens with one attached hydrogen (secondary N) is 1. The molecule has 1 aliphatic carbocycles. The Bertz CT molecular complexity index is 495. The molecule has 2 rings (SSSR count). The minimum atomic E-state index is -1.04. The van der Waals surface area contributed by atoms with Gasteiger partial charge in [-0.2, -0.15) is 0 Å². The summed E-state index contributed by atoms with van der Waals surface area (Å²) >= 11 is 5.98. The second kappa shape index (κ2) is 6.06. The van der Waals surface area contributed by atoms with Gasteiger partial charge in [-0.25, -0.2) is 4.79 Å². The van der Waals surface area contributed by atoms with Crippen molar-refractivity contribution < 1.29 is 14.7 Å². The Hall–Kier alpha value is -1.55. The van der Waals surface area contributed by atoms with E-state index in [4.69, 9.17) is 16.7 Å². The highest BCUT2D eigenvalue weighted by Gasteiger charge is 2.22. The normalized spacial score (nSPS) is 16.1. The number of halogens is 1. The predicted molar refractivity (Wildman–Crippen MR) is 73.6 cm³/mol. The molecule has 0 radical (unpaired) electrons. The van der Waals surface area contributed by atoms with Gasteiger partial charge in [0.1, 0.15) is 0 Å². The number of rotatable bonds is 3. The van der Waals surface area contributed by atoms with Gasteiger partial charge in [-0.05, 0) is 31.0 Å². The number of hydrogen-bond donors (Lipinski definition) is 2. The van der Waals surface area contributed by atoms with Crippen LogP contribution in [0.4, 0.5) is 5.69 Å². The third-order valence-electron chi connectivity index (χ3n) is 3.45. The van der Waals surface area contributed by atoms with E-state index in [-0.39, 0.29) is 17.4 Å². The molecule has 1 amide bonds. The van der Waals surface area contributed by atoms with Crippen molar-refractivity contribution in [1.29, 1.82) is 0 Å². The van der Waals surface area contributed by atoms with Crippen molar-refractivity contribution in [1.82, 2.24) is 0 Å². The number of aromatic carboxylic acids is 1. The molecule has 0 aromatic heterocycles. The zero-order chi connectivity index (χ0) is 13.8. The van der Waals surface area contributed by atoms with E-state index in [1.165, 1.54) is 24.6 Å². The summed E-state index contributed by atoms with van der Waals surface area (Å²) in [6, 6.07) is 4.30. The largest absolute Gasteiger partial charge is 0.478 e. The summed E-state index contributed by atoms with van der Waals surface area (Å²) in [6.45, 7) is 0. The monoisotopic (exact) mass is 281 g/mol. The zero-order valence-corrected chi connectivity index (χ0v) is 11.2. The van der Waals surface area contributed by atoms with Crippen LogP contribution in [0.2, 0.25) is 5.02 Å². The lowest BCUT2D eigenvalue weighted by Gasteiger charge is -2.21. The second-order valence-corrected chi connectivity index (χ2v) is 5.23. The average molecular weight is 282 g/mol. The van der Waals surface area contributed by atoms with Crippen molar-refractivity contribution in [2.45, 2.75) is 32.1 Å². The third kappa shape index (κ3) is 3.47. The molecule has 0 atom stereocenters. The smallest absolute Gasteiger partial charge is 0.335 e. The first kappa shape index (κ1) is 13.9. The lowest BCUT2D eigenvalue weighted by molar-refractivity contribution is -0.120. The Kier molecular flexibility index (Phi) is 4.43. The van der Waals surface area contributed by atoms with Crippen LogP contribution in [0.15, 0.2) is 18.2 Å². The first-order valence-corrected chi connectivity index (χ1v) is 6.79. The molecule has 0 saturated heterocycles. The van der Waals surface area contributed by atoms with Gasteiger partial charge in [0.15, 0.2) is 0 Å². The van der Waals surface area contributed by atoms with E-state index in [1.54, 1.807) is 0 Å². The number of hydrogen-bond acceptors (Lipinski definition) is 2. The molecular formula is C14H16ClNO3. The van der Waals surface area contributed by atoms with E-state index in [0.717, 1.165) is 25.7 Å². The van der Waals surface area contributed by atoms with Gasteiger partial charge in [-0.15, -0.1) is 0 Å². The van der Waals surface area contributed by atoms with E-state index in [1.807, 2.05) is 0 Å². The van der Waals surface area contributed by atoms with Crippen molar-refractivity contribution in [3.8, 4) is 0 Å². The minimum absolute atomic E-state index is 0.0123. The van der Waals surface area contributed by atoms with Gasteiger partial charge in [0.05, 0.1) is 16.3 Å². The lowest BCUT2D eigenvalue weighted by Crippen LogP contribution is -2.25. The number of carbonyl (C=O) groups excluding carboxylic acids is 1. The number of carboxylic acids is 1. The van der Waals surface area contributed by atoms with Crippen LogP contribution in [0.25, 0.3) is 0 Å². The molecule has 1 fully saturated rings. The second-order valence-electron chi connectivity index (χ2n) is 4.82. The predicted octanol–water partition coefficient (Wildman–Crippen LogP) is 3.56. The van der Waals surface area contributed by atoms with E-state index < -0.39 is 5.97 Å². The van der Waals surface area contributed by atoms with Gasteiger partial charge in [0, 0.05) is 5.92 Å². The molecule has 1 saturated carbocycles. The molecule has 0 aliphatic heterocycles. The highest BCUT2D eigenvalue weighted by molar-refractivity contribution is 6.33. The van der Waals surface area contributed by atoms with E-state index in [2.05, 4.69) is 5.32 Å². The number of amides is 1. The van der Waals surface area contributed by atoms with E-state index in [0.29, 0.717) is 10.7 Å². The zero-order valence-electron chi connectivity index (χ0n) is 10.5. The summed E-state index contributed by atoms with van der Waals surface area (Å²) in [5, 5.41) is 12.0. The number of carboxylic acid groups (broad SMARTS) is 1. The summed E-state index contributed by atoms with van der Waals surface area (Å²) < 4.78 is 0. The van der Waals surface area contributed by atoms with Crippen molar-refractivity contribution in [3.05, 3.63) is 28.8 Å². The summed E-state index contributed by atoms with van der Waals surface area (Å²) in [4.78, 5) is 23.0. The molecule has 0 unspecified atom stereocenters. The van der Waals surface area contributed by atoms with Crippen LogP contribution in [-0.4, -0.2) is 17.0 Å². The van der Waals surface area contributed by atoms with Gasteiger partial charge in [-0.3, -0.25) is 4.79 Å². The van der Waals surface area contributed by atoms with Crippen LogP contribution >= 0.6 is 11.6 Å². The molecule has 0 heterocycles. The quantitative estimate of drug-likeness (QED) is 0.890. The van der Waals surface area contributed by atoms with Gasteiger partial charge < -0.3 is 10.4 Å². The van der Waals surface area contributed by atoms with Crippen molar-refractivity contribution >= 4 is 29.2 Å². The van der Waals surface area contributed by atoms with E-state index >= 15 is 0 Å². The highest BCUT2D eigenvalue weighted by Crippen LogP contribution is 2.27. The molecule has 4 nitrogen and oxygen atoms in total. The Morgan fingerprint density at radius 2 is 1.89 bits per heavy atom. The van der Waals surface area contributed by atoms with Crippen LogP contribution in [0.1, 0.15) is 42.5 Å². The van der Waals surface area contributed by atoms with Crippen LogP contribution < -0.4 is 5.32 Å². The molecule has 2 N–H and O–H groups in total. The molecule has 1 aliphatic rings. The Labute approximate surface area is 116 Å². The van der Waals surface area contributed by atoms with Crippen LogP contribution in [0.5, 0.6) is 0 Å². The fraction of sp³-hybridized carbons (Fsp3) is 0.429. The number of anilines is 1. The molecule has 1 aromatic rings. The summed E-state index contributed by atoms with van der Waals surface area (Å²) in [5.41, 5.74) is 0.487. The molecule has 0 bridgehead atoms. The molecular weight excluding hydrogens is 266 g/mol. The van der Waals surface area contributed by atoms with Crippen LogP contribution in [0, 0.1) is 5.92 Å². The third-order valence-corrected chi connectivity index (χ3v) is 3.78. The Balaban J connectivity index is 2.11. The maximum atomic E-state index is 12.1. The SMILES string of the molecule is O=C(O)c1ccc(Cl)c(NC(=O)C2CCCCC2)c1. The lowest BCUT2D eigenvalue weighted by atomic mass is 9.88. The topological polar surface area (TPSA) is 66.4 Å². The van der Waals surface area contributed by atoms with Gasteiger partial charge in [0.2, 0.25) is 5.91 Å². The molecule has 5 heteroatoms. The maximum Gasteiger partial charge on any atom is 0.335 e. The number of benzene rings is 1. The van der Waals surface area contributed by atoms with Crippen molar-refractivity contribution in [3.63, 3.8) is 0 Å². The van der Waals surface area contributed by atoms with Crippen LogP contribution in [0.3, 0.4) is 0 Å². The summed E-state index contributed by atoms with van der Waals surface area (Å²) in [5.74, 6) is -1.09. The fourth-order valence-electron chi connectivity index (χ4n) is 2.35. The average Bonchev–Trinajstić information content (AvgIpc) is 2.42. The Morgan fingerprint density at radius 1 is 1.21 bits per heavy atom. The van der Waals surface area contributed by atoms with Crippen LogP contribution in [-0.2, 0) is 4.79 Å². The van der Waals surface area contributed by atoms with Crippen molar-refractivity contribution in [2.75, 3.05) is 5.32 Å². The first-order valence-electron chi connectivity index (χ1n) is 6.41. The first-order chi connectivity index (χ1) is 9.08. The van der Waals surface area contributed by atoms with Crippen molar-refractivity contribution in [2.24, 2.45) is 5.92 Å². The van der Waals surface area contributed by atoms with Gasteiger partial charge >= 0.3 is 5.97 Å². The van der Waals surface area contributed by atoms with Gasteiger partial charge in [-0.1, -0.05) is 30.9 Å². The molecule has 102 valence electrons. The fourth-order valence-corrected chi connectivity index (χ4v) is 2.52. The molecule has 19 heavy (non-hydrogen) atoms. The Morgan fingerprint density at radius 3 is 2.53 bits per heavy atom. The number of carbonyl (C=O) groups is 2. The minimum Gasteiger partial charge on any atom is -0.478 e. The summed E-state index contributed by atoms with van der Waals surface area (Å²) in [6.07, 6.45) is 5.10. The van der Waals surface area contributed by atoms with E-state index in [9.17, 15) is 9.59 Å². The van der Waals surface area contributed by atoms with Gasteiger partial charge in [0.25, 0.3) is 0 Å². The maximum absolute atomic E-state index is 12.1.